The second kappa shape index (κ2) is 9.26. The lowest BCUT2D eigenvalue weighted by atomic mass is 10.1. The van der Waals surface area contributed by atoms with Crippen LogP contribution in [0.5, 0.6) is 5.75 Å². The fraction of sp³-hybridized carbons (Fsp3) is 0.280. The average molecular weight is 469 g/mol. The number of anilines is 1. The van der Waals surface area contributed by atoms with E-state index >= 15 is 0 Å². The molecule has 3 aromatic rings. The van der Waals surface area contributed by atoms with Gasteiger partial charge in [-0.2, -0.15) is 0 Å². The molecule has 34 heavy (non-hydrogen) atoms. The number of benzene rings is 2. The van der Waals surface area contributed by atoms with Crippen molar-refractivity contribution in [3.63, 3.8) is 0 Å². The van der Waals surface area contributed by atoms with E-state index in [0.29, 0.717) is 18.5 Å². The molecule has 0 bridgehead atoms. The number of carbonyl (C=O) groups is 1. The summed E-state index contributed by atoms with van der Waals surface area (Å²) in [6, 6.07) is 12.1. The van der Waals surface area contributed by atoms with Gasteiger partial charge in [0.2, 0.25) is 0 Å². The third-order valence-electron chi connectivity index (χ3n) is 5.84. The van der Waals surface area contributed by atoms with Crippen molar-refractivity contribution in [2.24, 2.45) is 0 Å². The molecule has 0 unspecified atom stereocenters. The number of aromatic nitrogens is 1. The van der Waals surface area contributed by atoms with E-state index in [1.54, 1.807) is 13.0 Å². The fourth-order valence-electron chi connectivity index (χ4n) is 3.58. The first-order chi connectivity index (χ1) is 16.2. The molecule has 1 heterocycles. The van der Waals surface area contributed by atoms with Crippen LogP contribution in [0.3, 0.4) is 0 Å². The summed E-state index contributed by atoms with van der Waals surface area (Å²) in [7, 11) is 0. The van der Waals surface area contributed by atoms with Crippen LogP contribution in [0.15, 0.2) is 53.3 Å². The average Bonchev–Trinajstić information content (AvgIpc) is 3.56. The Bertz CT molecular complexity index is 1300. The fourth-order valence-corrected chi connectivity index (χ4v) is 3.58. The van der Waals surface area contributed by atoms with Gasteiger partial charge in [-0.1, -0.05) is 24.3 Å². The normalized spacial score (nSPS) is 14.0. The minimum absolute atomic E-state index is 0.116. The molecule has 4 rings (SSSR count). The molecule has 0 spiro atoms. The van der Waals surface area contributed by atoms with Gasteiger partial charge in [0.25, 0.3) is 11.5 Å². The largest absolute Gasteiger partial charge is 0.486 e. The Morgan fingerprint density at radius 3 is 2.62 bits per heavy atom. The van der Waals surface area contributed by atoms with Crippen molar-refractivity contribution in [3.05, 3.63) is 92.9 Å². The smallest absolute Gasteiger partial charge is 0.278 e. The van der Waals surface area contributed by atoms with Gasteiger partial charge in [0.1, 0.15) is 35.3 Å². The van der Waals surface area contributed by atoms with Crippen LogP contribution < -0.4 is 21.3 Å². The van der Waals surface area contributed by atoms with Gasteiger partial charge in [-0.25, -0.2) is 8.78 Å². The van der Waals surface area contributed by atoms with Crippen molar-refractivity contribution < 1.29 is 23.4 Å². The van der Waals surface area contributed by atoms with Crippen molar-refractivity contribution in [3.8, 4) is 5.75 Å². The maximum Gasteiger partial charge on any atom is 0.278 e. The molecule has 0 saturated heterocycles. The van der Waals surface area contributed by atoms with E-state index in [1.165, 1.54) is 10.6 Å². The Labute approximate surface area is 194 Å². The Hall–Kier alpha value is -3.72. The summed E-state index contributed by atoms with van der Waals surface area (Å²) in [5.74, 6) is -1.69. The molecule has 1 aromatic heterocycles. The number of aliphatic hydroxyl groups is 1. The van der Waals surface area contributed by atoms with Crippen LogP contribution >= 0.6 is 0 Å². The molecule has 1 aliphatic carbocycles. The number of pyridine rings is 1. The van der Waals surface area contributed by atoms with Crippen molar-refractivity contribution in [2.75, 3.05) is 5.73 Å². The molecule has 1 fully saturated rings. The van der Waals surface area contributed by atoms with E-state index in [-0.39, 0.29) is 42.6 Å². The zero-order chi connectivity index (χ0) is 24.5. The highest BCUT2D eigenvalue weighted by Gasteiger charge is 2.47. The monoisotopic (exact) mass is 469 g/mol. The van der Waals surface area contributed by atoms with Crippen LogP contribution in [0.4, 0.5) is 14.5 Å². The maximum atomic E-state index is 13.9. The van der Waals surface area contributed by atoms with Crippen LogP contribution in [0.1, 0.15) is 35.2 Å². The standard InChI is InChI=1S/C25H25F2N3O4/c1-15-9-21(34-14-18-5-6-19(26)11-20(18)27)22(28)23(31)30(15)13-17-4-2-3-16(10-17)12-29-24(32)25(33)7-8-25/h2-6,9-11,33H,7-8,12-14,28H2,1H3,(H,29,32). The van der Waals surface area contributed by atoms with Crippen molar-refractivity contribution in [1.29, 1.82) is 0 Å². The molecule has 1 amide bonds. The van der Waals surface area contributed by atoms with Crippen molar-refractivity contribution >= 4 is 11.6 Å². The molecule has 1 saturated carbocycles. The predicted molar refractivity (Wildman–Crippen MR) is 122 cm³/mol. The molecule has 178 valence electrons. The summed E-state index contributed by atoms with van der Waals surface area (Å²) >= 11 is 0. The predicted octanol–water partition coefficient (Wildman–Crippen LogP) is 2.79. The highest BCUT2D eigenvalue weighted by Crippen LogP contribution is 2.35. The van der Waals surface area contributed by atoms with Gasteiger partial charge < -0.3 is 25.5 Å². The number of nitrogens with two attached hydrogens (primary N) is 1. The van der Waals surface area contributed by atoms with Crippen LogP contribution in [-0.4, -0.2) is 21.2 Å². The Balaban J connectivity index is 1.47. The summed E-state index contributed by atoms with van der Waals surface area (Å²) in [4.78, 5) is 24.8. The lowest BCUT2D eigenvalue weighted by molar-refractivity contribution is -0.131. The van der Waals surface area contributed by atoms with Gasteiger partial charge in [0.15, 0.2) is 0 Å². The quantitative estimate of drug-likeness (QED) is 0.470. The Kier molecular flexibility index (Phi) is 6.39. The number of nitrogen functional groups attached to an aromatic ring is 1. The number of halogens is 2. The summed E-state index contributed by atoms with van der Waals surface area (Å²) in [6.07, 6.45) is 0.947. The van der Waals surface area contributed by atoms with E-state index in [9.17, 15) is 23.5 Å². The van der Waals surface area contributed by atoms with Gasteiger partial charge in [-0.3, -0.25) is 9.59 Å². The van der Waals surface area contributed by atoms with Gasteiger partial charge in [-0.05, 0) is 43.0 Å². The highest BCUT2D eigenvalue weighted by atomic mass is 19.1. The van der Waals surface area contributed by atoms with Crippen molar-refractivity contribution in [2.45, 2.75) is 45.1 Å². The first-order valence-electron chi connectivity index (χ1n) is 10.8. The van der Waals surface area contributed by atoms with Gasteiger partial charge in [0.05, 0.1) is 6.54 Å². The van der Waals surface area contributed by atoms with Crippen LogP contribution in [0.2, 0.25) is 0 Å². The minimum atomic E-state index is -1.23. The first kappa shape index (κ1) is 23.4. The summed E-state index contributed by atoms with van der Waals surface area (Å²) in [5, 5.41) is 12.6. The number of carbonyl (C=O) groups excluding carboxylic acids is 1. The molecule has 7 nitrogen and oxygen atoms in total. The van der Waals surface area contributed by atoms with Crippen LogP contribution in [0, 0.1) is 18.6 Å². The molecule has 0 atom stereocenters. The van der Waals surface area contributed by atoms with Gasteiger partial charge >= 0.3 is 0 Å². The zero-order valence-electron chi connectivity index (χ0n) is 18.6. The number of nitrogens with zero attached hydrogens (tertiary/aromatic N) is 1. The number of nitrogens with one attached hydrogen (secondary N) is 1. The number of hydrogen-bond donors (Lipinski definition) is 3. The van der Waals surface area contributed by atoms with E-state index in [1.807, 2.05) is 24.3 Å². The number of ether oxygens (including phenoxy) is 1. The van der Waals surface area contributed by atoms with E-state index < -0.39 is 22.8 Å². The molecule has 2 aromatic carbocycles. The van der Waals surface area contributed by atoms with Crippen LogP contribution in [0.25, 0.3) is 0 Å². The second-order valence-corrected chi connectivity index (χ2v) is 8.51. The lowest BCUT2D eigenvalue weighted by Crippen LogP contribution is -2.35. The van der Waals surface area contributed by atoms with E-state index in [4.69, 9.17) is 10.5 Å². The SMILES string of the molecule is Cc1cc(OCc2ccc(F)cc2F)c(N)c(=O)n1Cc1cccc(CNC(=O)C2(O)CC2)c1. The molecule has 9 heteroatoms. The number of amides is 1. The minimum Gasteiger partial charge on any atom is -0.486 e. The van der Waals surface area contributed by atoms with Gasteiger partial charge in [0, 0.05) is 29.9 Å². The number of rotatable bonds is 8. The van der Waals surface area contributed by atoms with Crippen molar-refractivity contribution in [1.82, 2.24) is 9.88 Å². The van der Waals surface area contributed by atoms with Gasteiger partial charge in [-0.15, -0.1) is 0 Å². The maximum absolute atomic E-state index is 13.9. The molecule has 0 aliphatic heterocycles. The number of hydrogen-bond acceptors (Lipinski definition) is 5. The molecular weight excluding hydrogens is 444 g/mol. The number of aryl methyl sites for hydroxylation is 1. The molecular formula is C25H25F2N3O4. The highest BCUT2D eigenvalue weighted by molar-refractivity contribution is 5.87. The third-order valence-corrected chi connectivity index (χ3v) is 5.84. The topological polar surface area (TPSA) is 107 Å². The Morgan fingerprint density at radius 2 is 1.91 bits per heavy atom. The summed E-state index contributed by atoms with van der Waals surface area (Å²) < 4.78 is 34.0. The zero-order valence-corrected chi connectivity index (χ0v) is 18.6. The molecule has 0 radical (unpaired) electrons. The molecule has 1 aliphatic rings. The summed E-state index contributed by atoms with van der Waals surface area (Å²) in [6.45, 7) is 2.03. The van der Waals surface area contributed by atoms with Crippen LogP contribution in [-0.2, 0) is 24.5 Å². The van der Waals surface area contributed by atoms with E-state index in [2.05, 4.69) is 5.32 Å². The molecule has 4 N–H and O–H groups in total. The second-order valence-electron chi connectivity index (χ2n) is 8.51. The Morgan fingerprint density at radius 1 is 1.18 bits per heavy atom. The lowest BCUT2D eigenvalue weighted by Gasteiger charge is -2.16. The first-order valence-corrected chi connectivity index (χ1v) is 10.8. The van der Waals surface area contributed by atoms with E-state index in [0.717, 1.165) is 23.3 Å². The third kappa shape index (κ3) is 5.09. The summed E-state index contributed by atoms with van der Waals surface area (Å²) in [5.41, 5.74) is 6.58.